The van der Waals surface area contributed by atoms with Gasteiger partial charge in [-0.15, -0.1) is 0 Å². The summed E-state index contributed by atoms with van der Waals surface area (Å²) in [7, 11) is -2.50. The second-order valence-corrected chi connectivity index (χ2v) is 7.67. The molecular formula is C14H16F3N5O4S. The number of alkyl halides is 3. The summed E-state index contributed by atoms with van der Waals surface area (Å²) in [6, 6.07) is 2.19. The zero-order chi connectivity index (χ0) is 20.4. The van der Waals surface area contributed by atoms with Crippen molar-refractivity contribution in [2.45, 2.75) is 24.9 Å². The minimum absolute atomic E-state index is 0.0108. The molecule has 0 saturated heterocycles. The maximum Gasteiger partial charge on any atom is 0.422 e. The van der Waals surface area contributed by atoms with Crippen molar-refractivity contribution in [1.82, 2.24) is 20.2 Å². The Balaban J connectivity index is 2.47. The van der Waals surface area contributed by atoms with Gasteiger partial charge in [0.1, 0.15) is 10.6 Å². The van der Waals surface area contributed by atoms with Crippen LogP contribution < -0.4 is 10.1 Å². The van der Waals surface area contributed by atoms with Gasteiger partial charge in [-0.1, -0.05) is 12.0 Å². The van der Waals surface area contributed by atoms with Gasteiger partial charge in [0.05, 0.1) is 5.75 Å². The molecule has 1 aromatic carbocycles. The first kappa shape index (κ1) is 20.6. The monoisotopic (exact) mass is 407 g/mol. The first-order valence-electron chi connectivity index (χ1n) is 7.56. The number of aryl methyl sites for hydroxylation is 1. The van der Waals surface area contributed by atoms with Gasteiger partial charge in [-0.25, -0.2) is 13.1 Å². The van der Waals surface area contributed by atoms with E-state index in [1.54, 1.807) is 0 Å². The van der Waals surface area contributed by atoms with E-state index in [0.29, 0.717) is 0 Å². The van der Waals surface area contributed by atoms with Crippen LogP contribution in [0.1, 0.15) is 22.8 Å². The van der Waals surface area contributed by atoms with Crippen LogP contribution in [0.3, 0.4) is 0 Å². The molecule has 0 bridgehead atoms. The number of ether oxygens (including phenoxy) is 1. The third-order valence-corrected chi connectivity index (χ3v) is 5.43. The maximum absolute atomic E-state index is 12.4. The quantitative estimate of drug-likeness (QED) is 0.771. The molecule has 1 aromatic heterocycles. The van der Waals surface area contributed by atoms with Crippen molar-refractivity contribution in [3.8, 4) is 5.75 Å². The molecule has 2 aromatic rings. The van der Waals surface area contributed by atoms with Gasteiger partial charge in [-0.05, 0) is 35.0 Å². The number of hydrogen-bond acceptors (Lipinski definition) is 7. The second-order valence-electron chi connectivity index (χ2n) is 5.45. The van der Waals surface area contributed by atoms with Crippen LogP contribution in [-0.2, 0) is 16.9 Å². The Labute approximate surface area is 152 Å². The van der Waals surface area contributed by atoms with Crippen LogP contribution in [0.5, 0.6) is 5.75 Å². The number of carbonyl (C=O) groups is 1. The minimum atomic E-state index is -4.64. The Morgan fingerprint density at radius 1 is 1.33 bits per heavy atom. The van der Waals surface area contributed by atoms with Crippen LogP contribution in [0.25, 0.3) is 0 Å². The number of aromatic nitrogens is 4. The van der Waals surface area contributed by atoms with Gasteiger partial charge in [0.25, 0.3) is 5.91 Å². The molecule has 0 aliphatic heterocycles. The van der Waals surface area contributed by atoms with E-state index in [2.05, 4.69) is 25.6 Å². The molecule has 27 heavy (non-hydrogen) atoms. The highest BCUT2D eigenvalue weighted by atomic mass is 32.2. The molecule has 13 heteroatoms. The van der Waals surface area contributed by atoms with Crippen LogP contribution in [-0.4, -0.2) is 53.1 Å². The zero-order valence-electron chi connectivity index (χ0n) is 14.5. The van der Waals surface area contributed by atoms with Gasteiger partial charge in [0.2, 0.25) is 5.95 Å². The van der Waals surface area contributed by atoms with E-state index in [9.17, 15) is 26.4 Å². The summed E-state index contributed by atoms with van der Waals surface area (Å²) in [6.07, 6.45) is -4.64. The Bertz CT molecular complexity index is 956. The molecule has 0 atom stereocenters. The third-order valence-electron chi connectivity index (χ3n) is 3.54. The Morgan fingerprint density at radius 3 is 2.52 bits per heavy atom. The summed E-state index contributed by atoms with van der Waals surface area (Å²) >= 11 is 0. The van der Waals surface area contributed by atoms with E-state index in [-0.39, 0.29) is 22.8 Å². The van der Waals surface area contributed by atoms with E-state index in [1.807, 2.05) is 0 Å². The summed E-state index contributed by atoms with van der Waals surface area (Å²) in [5.74, 6) is -1.56. The number of hydrogen-bond donors (Lipinski definition) is 1. The molecule has 9 nitrogen and oxygen atoms in total. The van der Waals surface area contributed by atoms with Gasteiger partial charge >= 0.3 is 6.18 Å². The SMILES string of the molecule is CCS(=O)(=O)c1c(OCC(F)(F)F)ccc(C(=O)Nc2nnnn2C)c1C. The molecule has 0 aliphatic carbocycles. The molecule has 148 valence electrons. The molecule has 0 fully saturated rings. The predicted octanol–water partition coefficient (Wildman–Crippen LogP) is 1.51. The standard InChI is InChI=1S/C14H16F3N5O4S/c1-4-27(24,25)11-8(2)9(5-6-10(11)26-7-14(15,16)17)12(23)18-13-19-20-21-22(13)3/h5-6H,4,7H2,1-3H3,(H,18,19,21,23). The minimum Gasteiger partial charge on any atom is -0.483 e. The zero-order valence-corrected chi connectivity index (χ0v) is 15.3. The number of rotatable bonds is 6. The Hall–Kier alpha value is -2.70. The number of halogens is 3. The van der Waals surface area contributed by atoms with Gasteiger partial charge < -0.3 is 4.74 Å². The summed E-state index contributed by atoms with van der Waals surface area (Å²) in [5.41, 5.74) is -0.103. The van der Waals surface area contributed by atoms with Gasteiger partial charge in [-0.3, -0.25) is 10.1 Å². The number of carbonyl (C=O) groups excluding carboxylic acids is 1. The number of nitrogens with zero attached hydrogens (tertiary/aromatic N) is 4. The number of anilines is 1. The van der Waals surface area contributed by atoms with Crippen molar-refractivity contribution in [3.63, 3.8) is 0 Å². The van der Waals surface area contributed by atoms with Crippen LogP contribution in [0, 0.1) is 6.92 Å². The smallest absolute Gasteiger partial charge is 0.422 e. The summed E-state index contributed by atoms with van der Waals surface area (Å²) in [4.78, 5) is 12.0. The van der Waals surface area contributed by atoms with E-state index in [4.69, 9.17) is 0 Å². The van der Waals surface area contributed by atoms with Crippen LogP contribution >= 0.6 is 0 Å². The number of sulfone groups is 1. The molecule has 2 rings (SSSR count). The van der Waals surface area contributed by atoms with Gasteiger partial charge in [0.15, 0.2) is 16.4 Å². The van der Waals surface area contributed by atoms with Crippen molar-refractivity contribution in [1.29, 1.82) is 0 Å². The predicted molar refractivity (Wildman–Crippen MR) is 87.2 cm³/mol. The summed E-state index contributed by atoms with van der Waals surface area (Å²) in [5, 5.41) is 12.9. The maximum atomic E-state index is 12.4. The molecular weight excluding hydrogens is 391 g/mol. The highest BCUT2D eigenvalue weighted by Gasteiger charge is 2.31. The summed E-state index contributed by atoms with van der Waals surface area (Å²) in [6.45, 7) is 0.988. The molecule has 0 unspecified atom stereocenters. The van der Waals surface area contributed by atoms with E-state index in [1.165, 1.54) is 31.6 Å². The van der Waals surface area contributed by atoms with Gasteiger partial charge in [0, 0.05) is 12.6 Å². The molecule has 1 N–H and O–H groups in total. The van der Waals surface area contributed by atoms with E-state index < -0.39 is 39.2 Å². The largest absolute Gasteiger partial charge is 0.483 e. The third kappa shape index (κ3) is 4.72. The highest BCUT2D eigenvalue weighted by molar-refractivity contribution is 7.91. The average Bonchev–Trinajstić information content (AvgIpc) is 2.96. The molecule has 0 saturated carbocycles. The lowest BCUT2D eigenvalue weighted by atomic mass is 10.1. The highest BCUT2D eigenvalue weighted by Crippen LogP contribution is 2.32. The van der Waals surface area contributed by atoms with Crippen molar-refractivity contribution in [2.75, 3.05) is 17.7 Å². The summed E-state index contributed by atoms with van der Waals surface area (Å²) < 4.78 is 68.0. The first-order valence-corrected chi connectivity index (χ1v) is 9.21. The lowest BCUT2D eigenvalue weighted by molar-refractivity contribution is -0.153. The molecule has 1 heterocycles. The van der Waals surface area contributed by atoms with Crippen LogP contribution in [0.4, 0.5) is 19.1 Å². The fraction of sp³-hybridized carbons (Fsp3) is 0.429. The average molecular weight is 407 g/mol. The van der Waals surface area contributed by atoms with E-state index >= 15 is 0 Å². The number of benzene rings is 1. The fourth-order valence-electron chi connectivity index (χ4n) is 2.22. The second kappa shape index (κ2) is 7.50. The van der Waals surface area contributed by atoms with E-state index in [0.717, 1.165) is 6.07 Å². The van der Waals surface area contributed by atoms with Crippen LogP contribution in [0.15, 0.2) is 17.0 Å². The Kier molecular flexibility index (Phi) is 5.73. The molecule has 0 aliphatic rings. The normalized spacial score (nSPS) is 12.1. The van der Waals surface area contributed by atoms with Crippen molar-refractivity contribution in [2.24, 2.45) is 7.05 Å². The lowest BCUT2D eigenvalue weighted by Gasteiger charge is -2.17. The first-order chi connectivity index (χ1) is 12.5. The van der Waals surface area contributed by atoms with Crippen molar-refractivity contribution in [3.05, 3.63) is 23.3 Å². The van der Waals surface area contributed by atoms with Gasteiger partial charge in [-0.2, -0.15) is 13.2 Å². The number of amides is 1. The molecule has 0 radical (unpaired) electrons. The Morgan fingerprint density at radius 2 is 2.00 bits per heavy atom. The topological polar surface area (TPSA) is 116 Å². The lowest BCUT2D eigenvalue weighted by Crippen LogP contribution is -2.22. The van der Waals surface area contributed by atoms with Crippen molar-refractivity contribution < 1.29 is 31.1 Å². The number of nitrogens with one attached hydrogen (secondary N) is 1. The van der Waals surface area contributed by atoms with Crippen molar-refractivity contribution >= 4 is 21.7 Å². The van der Waals surface area contributed by atoms with Crippen LogP contribution in [0.2, 0.25) is 0 Å². The molecule has 1 amide bonds. The number of tetrazole rings is 1. The fourth-order valence-corrected chi connectivity index (χ4v) is 3.52. The molecule has 0 spiro atoms.